The van der Waals surface area contributed by atoms with E-state index in [-0.39, 0.29) is 0 Å². The molecule has 0 atom stereocenters. The Morgan fingerprint density at radius 2 is 2.38 bits per heavy atom. The summed E-state index contributed by atoms with van der Waals surface area (Å²) in [5.74, 6) is 0. The lowest BCUT2D eigenvalue weighted by atomic mass is 10.1. The van der Waals surface area contributed by atoms with Crippen LogP contribution >= 0.6 is 0 Å². The highest BCUT2D eigenvalue weighted by Gasteiger charge is 2.16. The van der Waals surface area contributed by atoms with Gasteiger partial charge in [0.15, 0.2) is 5.65 Å². The van der Waals surface area contributed by atoms with E-state index >= 15 is 0 Å². The Hall–Kier alpha value is -1.42. The van der Waals surface area contributed by atoms with Gasteiger partial charge in [0.05, 0.1) is 11.4 Å². The predicted octanol–water partition coefficient (Wildman–Crippen LogP) is 1.25. The fourth-order valence-electron chi connectivity index (χ4n) is 2.40. The fraction of sp³-hybridized carbons (Fsp3) is 0.500. The van der Waals surface area contributed by atoms with E-state index in [2.05, 4.69) is 29.2 Å². The van der Waals surface area contributed by atoms with Crippen LogP contribution in [0.2, 0.25) is 0 Å². The summed E-state index contributed by atoms with van der Waals surface area (Å²) in [7, 11) is 0. The van der Waals surface area contributed by atoms with Crippen molar-refractivity contribution in [2.75, 3.05) is 6.54 Å². The van der Waals surface area contributed by atoms with Crippen molar-refractivity contribution in [1.29, 1.82) is 0 Å². The Morgan fingerprint density at radius 3 is 3.19 bits per heavy atom. The van der Waals surface area contributed by atoms with Crippen molar-refractivity contribution in [1.82, 2.24) is 19.9 Å². The third-order valence-corrected chi connectivity index (χ3v) is 3.35. The minimum Gasteiger partial charge on any atom is -0.312 e. The molecule has 0 bridgehead atoms. The minimum atomic E-state index is 0.915. The zero-order valence-electron chi connectivity index (χ0n) is 9.75. The SMILES string of the molecule is CCc1nn2c3c(cnc2c1C)CNCC3. The maximum absolute atomic E-state index is 4.67. The van der Waals surface area contributed by atoms with E-state index < -0.39 is 0 Å². The van der Waals surface area contributed by atoms with Gasteiger partial charge in [-0.2, -0.15) is 5.10 Å². The Morgan fingerprint density at radius 1 is 1.50 bits per heavy atom. The van der Waals surface area contributed by atoms with Gasteiger partial charge in [-0.25, -0.2) is 9.50 Å². The largest absolute Gasteiger partial charge is 0.312 e. The minimum absolute atomic E-state index is 0.915. The Labute approximate surface area is 94.7 Å². The molecule has 2 aromatic rings. The van der Waals surface area contributed by atoms with E-state index in [4.69, 9.17) is 0 Å². The zero-order valence-corrected chi connectivity index (χ0v) is 9.75. The molecule has 4 nitrogen and oxygen atoms in total. The smallest absolute Gasteiger partial charge is 0.158 e. The quantitative estimate of drug-likeness (QED) is 0.780. The highest BCUT2D eigenvalue weighted by Crippen LogP contribution is 2.19. The summed E-state index contributed by atoms with van der Waals surface area (Å²) in [4.78, 5) is 4.52. The Balaban J connectivity index is 2.31. The number of nitrogens with zero attached hydrogens (tertiary/aromatic N) is 3. The highest BCUT2D eigenvalue weighted by atomic mass is 15.3. The molecule has 0 fully saturated rings. The highest BCUT2D eigenvalue weighted by molar-refractivity contribution is 5.51. The van der Waals surface area contributed by atoms with Gasteiger partial charge >= 0.3 is 0 Å². The number of aryl methyl sites for hydroxylation is 2. The molecule has 0 spiro atoms. The van der Waals surface area contributed by atoms with Crippen LogP contribution in [0.3, 0.4) is 0 Å². The number of hydrogen-bond donors (Lipinski definition) is 1. The van der Waals surface area contributed by atoms with Gasteiger partial charge in [0.25, 0.3) is 0 Å². The molecule has 0 saturated carbocycles. The Bertz CT molecular complexity index is 541. The van der Waals surface area contributed by atoms with Crippen molar-refractivity contribution in [3.8, 4) is 0 Å². The van der Waals surface area contributed by atoms with E-state index in [1.165, 1.54) is 22.5 Å². The fourth-order valence-corrected chi connectivity index (χ4v) is 2.40. The van der Waals surface area contributed by atoms with E-state index in [0.717, 1.165) is 31.6 Å². The van der Waals surface area contributed by atoms with Crippen LogP contribution in [-0.2, 0) is 19.4 Å². The molecule has 3 rings (SSSR count). The summed E-state index contributed by atoms with van der Waals surface area (Å²) < 4.78 is 2.05. The lowest BCUT2D eigenvalue weighted by Gasteiger charge is -2.17. The number of aromatic nitrogens is 3. The molecule has 4 heteroatoms. The predicted molar refractivity (Wildman–Crippen MR) is 62.5 cm³/mol. The van der Waals surface area contributed by atoms with Crippen molar-refractivity contribution in [2.24, 2.45) is 0 Å². The molecule has 1 N–H and O–H groups in total. The van der Waals surface area contributed by atoms with Gasteiger partial charge in [-0.15, -0.1) is 0 Å². The first kappa shape index (κ1) is 9.78. The van der Waals surface area contributed by atoms with E-state index in [1.54, 1.807) is 0 Å². The molecule has 3 heterocycles. The molecular weight excluding hydrogens is 200 g/mol. The molecule has 0 radical (unpaired) electrons. The average Bonchev–Trinajstić information content (AvgIpc) is 2.67. The van der Waals surface area contributed by atoms with Crippen LogP contribution in [0.4, 0.5) is 0 Å². The molecule has 0 aromatic carbocycles. The van der Waals surface area contributed by atoms with E-state index in [9.17, 15) is 0 Å². The normalized spacial score (nSPS) is 15.4. The summed E-state index contributed by atoms with van der Waals surface area (Å²) >= 11 is 0. The van der Waals surface area contributed by atoms with E-state index in [1.807, 2.05) is 10.7 Å². The second-order valence-corrected chi connectivity index (χ2v) is 4.32. The first-order valence-corrected chi connectivity index (χ1v) is 5.87. The van der Waals surface area contributed by atoms with Crippen LogP contribution in [0.5, 0.6) is 0 Å². The molecule has 1 aliphatic rings. The molecule has 0 unspecified atom stereocenters. The summed E-state index contributed by atoms with van der Waals surface area (Å²) in [6, 6.07) is 0. The number of fused-ring (bicyclic) bond motifs is 3. The first-order valence-electron chi connectivity index (χ1n) is 5.87. The van der Waals surface area contributed by atoms with Crippen LogP contribution in [0.1, 0.15) is 29.4 Å². The third-order valence-electron chi connectivity index (χ3n) is 3.35. The van der Waals surface area contributed by atoms with Gasteiger partial charge in [0.1, 0.15) is 0 Å². The van der Waals surface area contributed by atoms with Crippen molar-refractivity contribution in [3.63, 3.8) is 0 Å². The zero-order chi connectivity index (χ0) is 11.1. The summed E-state index contributed by atoms with van der Waals surface area (Å²) in [5.41, 5.74) is 6.02. The molecule has 2 aromatic heterocycles. The van der Waals surface area contributed by atoms with Gasteiger partial charge in [-0.05, 0) is 13.3 Å². The molecule has 0 saturated heterocycles. The summed E-state index contributed by atoms with van der Waals surface area (Å²) in [5, 5.41) is 8.03. The summed E-state index contributed by atoms with van der Waals surface area (Å²) in [6.45, 7) is 6.20. The van der Waals surface area contributed by atoms with Crippen molar-refractivity contribution >= 4 is 5.65 Å². The van der Waals surface area contributed by atoms with Crippen molar-refractivity contribution in [2.45, 2.75) is 33.2 Å². The number of nitrogens with one attached hydrogen (secondary N) is 1. The second-order valence-electron chi connectivity index (χ2n) is 4.32. The maximum Gasteiger partial charge on any atom is 0.158 e. The van der Waals surface area contributed by atoms with Crippen molar-refractivity contribution in [3.05, 3.63) is 28.7 Å². The molecule has 0 aliphatic carbocycles. The van der Waals surface area contributed by atoms with Gasteiger partial charge in [-0.3, -0.25) is 0 Å². The summed E-state index contributed by atoms with van der Waals surface area (Å²) in [6.07, 6.45) is 4.01. The first-order chi connectivity index (χ1) is 7.81. The number of rotatable bonds is 1. The Kier molecular flexibility index (Phi) is 2.17. The van der Waals surface area contributed by atoms with Crippen LogP contribution in [0, 0.1) is 6.92 Å². The van der Waals surface area contributed by atoms with Crippen LogP contribution < -0.4 is 5.32 Å². The van der Waals surface area contributed by atoms with Crippen molar-refractivity contribution < 1.29 is 0 Å². The van der Waals surface area contributed by atoms with Gasteiger partial charge < -0.3 is 5.32 Å². The monoisotopic (exact) mass is 216 g/mol. The molecule has 16 heavy (non-hydrogen) atoms. The third kappa shape index (κ3) is 1.26. The lowest BCUT2D eigenvalue weighted by molar-refractivity contribution is 0.608. The lowest BCUT2D eigenvalue weighted by Crippen LogP contribution is -2.26. The molecule has 1 aliphatic heterocycles. The maximum atomic E-state index is 4.67. The standard InChI is InChI=1S/C12H16N4/c1-3-10-8(2)12-14-7-9-6-13-5-4-11(9)16(12)15-10/h7,13H,3-6H2,1-2H3. The molecule has 0 amide bonds. The molecule has 84 valence electrons. The van der Waals surface area contributed by atoms with E-state index in [0.29, 0.717) is 0 Å². The van der Waals surface area contributed by atoms with Crippen LogP contribution in [-0.4, -0.2) is 21.1 Å². The number of hydrogen-bond acceptors (Lipinski definition) is 3. The second kappa shape index (κ2) is 3.56. The van der Waals surface area contributed by atoms with Crippen LogP contribution in [0.25, 0.3) is 5.65 Å². The van der Waals surface area contributed by atoms with Gasteiger partial charge in [0.2, 0.25) is 0 Å². The van der Waals surface area contributed by atoms with Gasteiger partial charge in [-0.1, -0.05) is 6.92 Å². The average molecular weight is 216 g/mol. The van der Waals surface area contributed by atoms with Gasteiger partial charge in [0, 0.05) is 36.8 Å². The van der Waals surface area contributed by atoms with Crippen LogP contribution in [0.15, 0.2) is 6.20 Å². The molecular formula is C12H16N4. The topological polar surface area (TPSA) is 42.2 Å².